The quantitative estimate of drug-likeness (QED) is 0.786. The first-order valence-electron chi connectivity index (χ1n) is 4.37. The fourth-order valence-corrected chi connectivity index (χ4v) is 0.287. The second kappa shape index (κ2) is 15.2. The predicted octanol–water partition coefficient (Wildman–Crippen LogP) is 1.98. The molecule has 13 heavy (non-hydrogen) atoms. The van der Waals surface area contributed by atoms with Gasteiger partial charge in [0, 0.05) is 39.3 Å². The van der Waals surface area contributed by atoms with Crippen molar-refractivity contribution in [3.63, 3.8) is 0 Å². The molecule has 0 fully saturated rings. The molecule has 0 aliphatic rings. The Bertz CT molecular complexity index is 94.9. The van der Waals surface area contributed by atoms with Crippen molar-refractivity contribution in [3.8, 4) is 0 Å². The molecule has 0 saturated carbocycles. The zero-order valence-electron chi connectivity index (χ0n) is 8.92. The van der Waals surface area contributed by atoms with Crippen LogP contribution >= 0.6 is 0 Å². The Morgan fingerprint density at radius 1 is 1.46 bits per heavy atom. The number of rotatable bonds is 4. The van der Waals surface area contributed by atoms with Crippen LogP contribution in [0.4, 0.5) is 0 Å². The standard InChI is InChI=1S/C6H11O.C4H9O.Y/c1-3-6(2)4-5-7;1-4(2)3-5;/h6H,3-4H2,1-2H3;4-5H,1,3H2,2H3;/q2*-1;. The smallest absolute Gasteiger partial charge is 0.0183 e. The molecule has 77 valence electrons. The minimum absolute atomic E-state index is 0. The maximum Gasteiger partial charge on any atom is 0.0183 e. The van der Waals surface area contributed by atoms with E-state index in [1.165, 1.54) is 0 Å². The fourth-order valence-electron chi connectivity index (χ4n) is 0.287. The van der Waals surface area contributed by atoms with Crippen LogP contribution in [0.15, 0.2) is 0 Å². The third-order valence-corrected chi connectivity index (χ3v) is 1.44. The van der Waals surface area contributed by atoms with E-state index >= 15 is 0 Å². The number of carbonyl (C=O) groups excluding carboxylic acids is 1. The Morgan fingerprint density at radius 2 is 1.85 bits per heavy atom. The minimum atomic E-state index is 0. The van der Waals surface area contributed by atoms with Crippen molar-refractivity contribution in [2.24, 2.45) is 11.8 Å². The van der Waals surface area contributed by atoms with Crippen LogP contribution in [0.25, 0.3) is 0 Å². The maximum atomic E-state index is 9.65. The first-order valence-corrected chi connectivity index (χ1v) is 4.37. The van der Waals surface area contributed by atoms with Gasteiger partial charge in [-0.1, -0.05) is 33.1 Å². The average Bonchev–Trinajstić information content (AvgIpc) is 2.06. The molecule has 2 nitrogen and oxygen atoms in total. The molecule has 3 heteroatoms. The number of aliphatic hydroxyl groups is 1. The zero-order valence-corrected chi connectivity index (χ0v) is 11.8. The van der Waals surface area contributed by atoms with Crippen molar-refractivity contribution in [1.82, 2.24) is 0 Å². The summed E-state index contributed by atoms with van der Waals surface area (Å²) in [7, 11) is 0. The Kier molecular flexibility index (Phi) is 22.6. The van der Waals surface area contributed by atoms with E-state index in [9.17, 15) is 4.79 Å². The second-order valence-corrected chi connectivity index (χ2v) is 3.15. The number of hydrogen-bond donors (Lipinski definition) is 1. The molecule has 2 unspecified atom stereocenters. The maximum absolute atomic E-state index is 9.65. The van der Waals surface area contributed by atoms with E-state index in [2.05, 4.69) is 13.8 Å². The van der Waals surface area contributed by atoms with Crippen molar-refractivity contribution < 1.29 is 42.6 Å². The predicted molar refractivity (Wildman–Crippen MR) is 51.4 cm³/mol. The van der Waals surface area contributed by atoms with Crippen LogP contribution in [-0.2, 0) is 37.5 Å². The van der Waals surface area contributed by atoms with Gasteiger partial charge in [-0.2, -0.15) is 0 Å². The summed E-state index contributed by atoms with van der Waals surface area (Å²) in [6.07, 6.45) is 3.54. The average molecular weight is 261 g/mol. The molecule has 0 saturated heterocycles. The first-order chi connectivity index (χ1) is 5.58. The Labute approximate surface area is 107 Å². The molecular formula is C10H20O2Y-2. The van der Waals surface area contributed by atoms with Crippen LogP contribution < -0.4 is 0 Å². The molecule has 1 radical (unpaired) electrons. The molecule has 0 heterocycles. The van der Waals surface area contributed by atoms with E-state index in [0.717, 1.165) is 6.42 Å². The molecule has 0 aliphatic heterocycles. The van der Waals surface area contributed by atoms with Gasteiger partial charge in [0.15, 0.2) is 0 Å². The van der Waals surface area contributed by atoms with E-state index < -0.39 is 0 Å². The fraction of sp³-hybridized carbons (Fsp3) is 0.800. The topological polar surface area (TPSA) is 37.3 Å². The van der Waals surface area contributed by atoms with E-state index in [-0.39, 0.29) is 45.2 Å². The van der Waals surface area contributed by atoms with Crippen LogP contribution in [0.1, 0.15) is 33.6 Å². The molecule has 2 atom stereocenters. The SMILES string of the molecule is CCC(C)C[C-]=O.[CH2-]C(C)CO.[Y]. The van der Waals surface area contributed by atoms with Crippen LogP contribution in [0.2, 0.25) is 0 Å². The third kappa shape index (κ3) is 24.5. The third-order valence-electron chi connectivity index (χ3n) is 1.44. The van der Waals surface area contributed by atoms with Crippen LogP contribution in [0.5, 0.6) is 0 Å². The van der Waals surface area contributed by atoms with Gasteiger partial charge in [0.25, 0.3) is 0 Å². The van der Waals surface area contributed by atoms with Gasteiger partial charge in [-0.05, 0) is 0 Å². The normalized spacial score (nSPS) is 13.0. The summed E-state index contributed by atoms with van der Waals surface area (Å²) in [5.41, 5.74) is 0. The molecule has 0 bridgehead atoms. The summed E-state index contributed by atoms with van der Waals surface area (Å²) >= 11 is 0. The summed E-state index contributed by atoms with van der Waals surface area (Å²) in [5.74, 6) is 0.715. The summed E-state index contributed by atoms with van der Waals surface area (Å²) in [6, 6.07) is 0. The number of hydrogen-bond acceptors (Lipinski definition) is 2. The van der Waals surface area contributed by atoms with Gasteiger partial charge >= 0.3 is 0 Å². The largest absolute Gasteiger partial charge is 0.542 e. The first kappa shape index (κ1) is 19.3. The summed E-state index contributed by atoms with van der Waals surface area (Å²) in [6.45, 7) is 9.68. The Hall–Kier alpha value is 0.734. The molecule has 0 rings (SSSR count). The van der Waals surface area contributed by atoms with Crippen LogP contribution in [0, 0.1) is 18.8 Å². The van der Waals surface area contributed by atoms with E-state index in [1.807, 2.05) is 20.1 Å². The Balaban J connectivity index is -0.000000150. The van der Waals surface area contributed by atoms with Crippen molar-refractivity contribution in [3.05, 3.63) is 6.92 Å². The van der Waals surface area contributed by atoms with Gasteiger partial charge in [-0.25, -0.2) is 0 Å². The molecule has 0 aliphatic carbocycles. The van der Waals surface area contributed by atoms with Crippen LogP contribution in [0.3, 0.4) is 0 Å². The second-order valence-electron chi connectivity index (χ2n) is 3.15. The number of aliphatic hydroxyl groups excluding tert-OH is 1. The van der Waals surface area contributed by atoms with Gasteiger partial charge < -0.3 is 16.8 Å². The monoisotopic (exact) mass is 261 g/mol. The molecule has 0 spiro atoms. The van der Waals surface area contributed by atoms with Gasteiger partial charge in [0.05, 0.1) is 0 Å². The van der Waals surface area contributed by atoms with Crippen molar-refractivity contribution in [2.45, 2.75) is 33.6 Å². The summed E-state index contributed by atoms with van der Waals surface area (Å²) in [4.78, 5) is 9.65. The van der Waals surface area contributed by atoms with Gasteiger partial charge in [0.1, 0.15) is 0 Å². The molecule has 0 aromatic rings. The molecule has 0 aromatic heterocycles. The summed E-state index contributed by atoms with van der Waals surface area (Å²) < 4.78 is 0. The van der Waals surface area contributed by atoms with Gasteiger partial charge in [-0.15, -0.1) is 12.3 Å². The Morgan fingerprint density at radius 3 is 1.92 bits per heavy atom. The molecule has 0 amide bonds. The molecule has 1 N–H and O–H groups in total. The van der Waals surface area contributed by atoms with Gasteiger partial charge in [-0.3, -0.25) is 6.29 Å². The van der Waals surface area contributed by atoms with E-state index in [1.54, 1.807) is 0 Å². The van der Waals surface area contributed by atoms with Crippen molar-refractivity contribution >= 4 is 6.29 Å². The molecule has 0 aromatic carbocycles. The van der Waals surface area contributed by atoms with E-state index in [4.69, 9.17) is 5.11 Å². The summed E-state index contributed by atoms with van der Waals surface area (Å²) in [5, 5.41) is 8.08. The van der Waals surface area contributed by atoms with Gasteiger partial charge in [0.2, 0.25) is 0 Å². The van der Waals surface area contributed by atoms with Crippen molar-refractivity contribution in [2.75, 3.05) is 6.61 Å². The molecular weight excluding hydrogens is 241 g/mol. The van der Waals surface area contributed by atoms with Crippen molar-refractivity contribution in [1.29, 1.82) is 0 Å². The van der Waals surface area contributed by atoms with E-state index in [0.29, 0.717) is 12.3 Å². The minimum Gasteiger partial charge on any atom is -0.542 e. The zero-order chi connectivity index (χ0) is 9.98. The van der Waals surface area contributed by atoms with Crippen LogP contribution in [-0.4, -0.2) is 18.0 Å².